The highest BCUT2D eigenvalue weighted by molar-refractivity contribution is 5.35. The van der Waals surface area contributed by atoms with E-state index in [1.807, 2.05) is 14.1 Å². The third kappa shape index (κ3) is 1.11. The SMILES string of the molecule is CNc1cc(CO)nn1C. The summed E-state index contributed by atoms with van der Waals surface area (Å²) in [6.07, 6.45) is 0. The van der Waals surface area contributed by atoms with Crippen molar-refractivity contribution in [1.82, 2.24) is 9.78 Å². The van der Waals surface area contributed by atoms with Gasteiger partial charge in [-0.1, -0.05) is 0 Å². The van der Waals surface area contributed by atoms with Gasteiger partial charge in [0.15, 0.2) is 0 Å². The standard InChI is InChI=1S/C6H11N3O/c1-7-6-3-5(4-10)8-9(6)2/h3,7,10H,4H2,1-2H3. The summed E-state index contributed by atoms with van der Waals surface area (Å²) in [6, 6.07) is 1.81. The van der Waals surface area contributed by atoms with Crippen LogP contribution in [-0.2, 0) is 13.7 Å². The molecule has 0 atom stereocenters. The largest absolute Gasteiger partial charge is 0.390 e. The molecule has 0 saturated carbocycles. The Labute approximate surface area is 59.5 Å². The lowest BCUT2D eigenvalue weighted by Crippen LogP contribution is -1.98. The molecule has 56 valence electrons. The molecule has 0 aliphatic rings. The summed E-state index contributed by atoms with van der Waals surface area (Å²) in [5, 5.41) is 15.6. The molecule has 1 heterocycles. The van der Waals surface area contributed by atoms with Gasteiger partial charge in [-0.25, -0.2) is 0 Å². The van der Waals surface area contributed by atoms with Crippen molar-refractivity contribution < 1.29 is 5.11 Å². The van der Waals surface area contributed by atoms with E-state index in [1.54, 1.807) is 10.7 Å². The lowest BCUT2D eigenvalue weighted by Gasteiger charge is -1.96. The molecule has 0 aliphatic carbocycles. The number of aliphatic hydroxyl groups is 1. The molecule has 2 N–H and O–H groups in total. The first-order valence-corrected chi connectivity index (χ1v) is 3.09. The van der Waals surface area contributed by atoms with Crippen molar-refractivity contribution in [3.8, 4) is 0 Å². The van der Waals surface area contributed by atoms with Crippen LogP contribution in [0.25, 0.3) is 0 Å². The zero-order chi connectivity index (χ0) is 7.56. The quantitative estimate of drug-likeness (QED) is 0.607. The highest BCUT2D eigenvalue weighted by Gasteiger charge is 1.99. The molecule has 4 nitrogen and oxygen atoms in total. The smallest absolute Gasteiger partial charge is 0.124 e. The number of hydrogen-bond donors (Lipinski definition) is 2. The van der Waals surface area contributed by atoms with E-state index in [1.165, 1.54) is 0 Å². The highest BCUT2D eigenvalue weighted by Crippen LogP contribution is 2.06. The normalized spacial score (nSPS) is 9.90. The molecule has 4 heteroatoms. The summed E-state index contributed by atoms with van der Waals surface area (Å²) in [5.41, 5.74) is 0.687. The van der Waals surface area contributed by atoms with Gasteiger partial charge in [-0.2, -0.15) is 5.10 Å². The van der Waals surface area contributed by atoms with Crippen molar-refractivity contribution in [2.45, 2.75) is 6.61 Å². The van der Waals surface area contributed by atoms with Crippen LogP contribution in [0.4, 0.5) is 5.82 Å². The van der Waals surface area contributed by atoms with Crippen LogP contribution in [0.5, 0.6) is 0 Å². The first-order chi connectivity index (χ1) is 4.77. The molecule has 1 aromatic heterocycles. The molecule has 0 bridgehead atoms. The summed E-state index contributed by atoms with van der Waals surface area (Å²) in [6.45, 7) is -0.00444. The predicted octanol–water partition coefficient (Wildman–Crippen LogP) is -0.0459. The van der Waals surface area contributed by atoms with Crippen LogP contribution < -0.4 is 5.32 Å². The minimum Gasteiger partial charge on any atom is -0.390 e. The predicted molar refractivity (Wildman–Crippen MR) is 38.7 cm³/mol. The minimum atomic E-state index is -0.00444. The zero-order valence-corrected chi connectivity index (χ0v) is 6.13. The van der Waals surface area contributed by atoms with Crippen LogP contribution in [0.15, 0.2) is 6.07 Å². The van der Waals surface area contributed by atoms with Gasteiger partial charge >= 0.3 is 0 Å². The number of hydrogen-bond acceptors (Lipinski definition) is 3. The average Bonchev–Trinajstić information content (AvgIpc) is 2.30. The number of nitrogens with zero attached hydrogens (tertiary/aromatic N) is 2. The Kier molecular flexibility index (Phi) is 1.91. The molecule has 0 aromatic carbocycles. The Morgan fingerprint density at radius 1 is 1.80 bits per heavy atom. The van der Waals surface area contributed by atoms with Crippen molar-refractivity contribution in [3.63, 3.8) is 0 Å². The maximum Gasteiger partial charge on any atom is 0.124 e. The van der Waals surface area contributed by atoms with Gasteiger partial charge in [0.1, 0.15) is 5.82 Å². The molecule has 0 amide bonds. The second-order valence-electron chi connectivity index (χ2n) is 2.05. The molecule has 0 unspecified atom stereocenters. The summed E-state index contributed by atoms with van der Waals surface area (Å²) >= 11 is 0. The van der Waals surface area contributed by atoms with Gasteiger partial charge in [0.25, 0.3) is 0 Å². The third-order valence-electron chi connectivity index (χ3n) is 1.35. The molecule has 0 fully saturated rings. The Morgan fingerprint density at radius 3 is 2.80 bits per heavy atom. The van der Waals surface area contributed by atoms with E-state index < -0.39 is 0 Å². The van der Waals surface area contributed by atoms with Crippen LogP contribution in [0.3, 0.4) is 0 Å². The molecule has 1 rings (SSSR count). The number of anilines is 1. The number of aryl methyl sites for hydroxylation is 1. The van der Waals surface area contributed by atoms with Gasteiger partial charge < -0.3 is 10.4 Å². The van der Waals surface area contributed by atoms with E-state index in [2.05, 4.69) is 10.4 Å². The molecule has 0 aliphatic heterocycles. The first-order valence-electron chi connectivity index (χ1n) is 3.09. The summed E-state index contributed by atoms with van der Waals surface area (Å²) < 4.78 is 1.69. The van der Waals surface area contributed by atoms with Crippen molar-refractivity contribution >= 4 is 5.82 Å². The van der Waals surface area contributed by atoms with E-state index in [4.69, 9.17) is 5.11 Å². The fraction of sp³-hybridized carbons (Fsp3) is 0.500. The number of aromatic nitrogens is 2. The zero-order valence-electron chi connectivity index (χ0n) is 6.13. The van der Waals surface area contributed by atoms with Crippen molar-refractivity contribution in [2.75, 3.05) is 12.4 Å². The lowest BCUT2D eigenvalue weighted by atomic mass is 10.4. The lowest BCUT2D eigenvalue weighted by molar-refractivity contribution is 0.275. The van der Waals surface area contributed by atoms with E-state index in [0.29, 0.717) is 5.69 Å². The second kappa shape index (κ2) is 2.70. The topological polar surface area (TPSA) is 50.1 Å². The fourth-order valence-corrected chi connectivity index (χ4v) is 0.838. The minimum absolute atomic E-state index is 0.00444. The molecular weight excluding hydrogens is 130 g/mol. The average molecular weight is 141 g/mol. The van der Waals surface area contributed by atoms with Crippen molar-refractivity contribution in [2.24, 2.45) is 7.05 Å². The molecule has 0 saturated heterocycles. The van der Waals surface area contributed by atoms with Crippen LogP contribution >= 0.6 is 0 Å². The monoisotopic (exact) mass is 141 g/mol. The Balaban J connectivity index is 2.92. The molecule has 10 heavy (non-hydrogen) atoms. The van der Waals surface area contributed by atoms with Crippen molar-refractivity contribution in [1.29, 1.82) is 0 Å². The van der Waals surface area contributed by atoms with E-state index in [9.17, 15) is 0 Å². The molecule has 1 aromatic rings. The fourth-order valence-electron chi connectivity index (χ4n) is 0.838. The van der Waals surface area contributed by atoms with Crippen LogP contribution in [0.2, 0.25) is 0 Å². The first kappa shape index (κ1) is 7.08. The van der Waals surface area contributed by atoms with Crippen LogP contribution in [0.1, 0.15) is 5.69 Å². The molecular formula is C6H11N3O. The third-order valence-corrected chi connectivity index (χ3v) is 1.35. The van der Waals surface area contributed by atoms with Crippen LogP contribution in [-0.4, -0.2) is 21.9 Å². The van der Waals surface area contributed by atoms with Gasteiger partial charge in [0.05, 0.1) is 12.3 Å². The van der Waals surface area contributed by atoms with Crippen LogP contribution in [0, 0.1) is 0 Å². The summed E-state index contributed by atoms with van der Waals surface area (Å²) in [5.74, 6) is 0.907. The van der Waals surface area contributed by atoms with Gasteiger partial charge in [0, 0.05) is 20.2 Å². The highest BCUT2D eigenvalue weighted by atomic mass is 16.3. The van der Waals surface area contributed by atoms with E-state index in [-0.39, 0.29) is 6.61 Å². The van der Waals surface area contributed by atoms with Crippen molar-refractivity contribution in [3.05, 3.63) is 11.8 Å². The number of rotatable bonds is 2. The van der Waals surface area contributed by atoms with Gasteiger partial charge in [-0.15, -0.1) is 0 Å². The maximum absolute atomic E-state index is 8.67. The molecule has 0 radical (unpaired) electrons. The molecule has 0 spiro atoms. The van der Waals surface area contributed by atoms with Gasteiger partial charge in [0.2, 0.25) is 0 Å². The number of aliphatic hydroxyl groups excluding tert-OH is 1. The summed E-state index contributed by atoms with van der Waals surface area (Å²) in [7, 11) is 3.64. The van der Waals surface area contributed by atoms with Gasteiger partial charge in [-0.3, -0.25) is 4.68 Å². The Morgan fingerprint density at radius 2 is 2.50 bits per heavy atom. The Bertz CT molecular complexity index is 219. The van der Waals surface area contributed by atoms with Gasteiger partial charge in [-0.05, 0) is 0 Å². The summed E-state index contributed by atoms with van der Waals surface area (Å²) in [4.78, 5) is 0. The Hall–Kier alpha value is -1.03. The maximum atomic E-state index is 8.67. The van der Waals surface area contributed by atoms with E-state index >= 15 is 0 Å². The number of nitrogens with one attached hydrogen (secondary N) is 1. The van der Waals surface area contributed by atoms with E-state index in [0.717, 1.165) is 5.82 Å². The second-order valence-corrected chi connectivity index (χ2v) is 2.05.